The Labute approximate surface area is 122 Å². The minimum atomic E-state index is 0.400. The third-order valence-corrected chi connectivity index (χ3v) is 5.90. The molecule has 0 aliphatic heterocycles. The predicted molar refractivity (Wildman–Crippen MR) is 82.5 cm³/mol. The molecule has 0 spiro atoms. The number of hydrogen-bond donors (Lipinski definition) is 1. The summed E-state index contributed by atoms with van der Waals surface area (Å²) in [6.07, 6.45) is 1.12. The van der Waals surface area contributed by atoms with Gasteiger partial charge in [0.15, 0.2) is 0 Å². The molecule has 0 saturated heterocycles. The molecule has 1 aromatic heterocycles. The summed E-state index contributed by atoms with van der Waals surface area (Å²) in [5.41, 5.74) is 2.82. The second-order valence-electron chi connectivity index (χ2n) is 4.62. The maximum Gasteiger partial charge on any atom is 0.119 e. The van der Waals surface area contributed by atoms with Crippen molar-refractivity contribution in [2.75, 3.05) is 14.2 Å². The van der Waals surface area contributed by atoms with E-state index in [0.29, 0.717) is 11.3 Å². The van der Waals surface area contributed by atoms with Crippen molar-refractivity contribution >= 4 is 23.1 Å². The number of ether oxygens (including phenoxy) is 1. The quantitative estimate of drug-likeness (QED) is 0.927. The van der Waals surface area contributed by atoms with Gasteiger partial charge < -0.3 is 10.1 Å². The van der Waals surface area contributed by atoms with Crippen LogP contribution in [0.15, 0.2) is 39.9 Å². The minimum Gasteiger partial charge on any atom is -0.497 e. The Kier molecular flexibility index (Phi) is 3.82. The van der Waals surface area contributed by atoms with Gasteiger partial charge in [-0.3, -0.25) is 0 Å². The van der Waals surface area contributed by atoms with Gasteiger partial charge in [-0.25, -0.2) is 0 Å². The van der Waals surface area contributed by atoms with Crippen molar-refractivity contribution in [3.63, 3.8) is 0 Å². The molecule has 2 atom stereocenters. The molecule has 2 nitrogen and oxygen atoms in total. The van der Waals surface area contributed by atoms with E-state index in [1.807, 2.05) is 30.1 Å². The first-order valence-electron chi connectivity index (χ1n) is 6.36. The fourth-order valence-electron chi connectivity index (χ4n) is 2.64. The highest BCUT2D eigenvalue weighted by Crippen LogP contribution is 2.43. The Morgan fingerprint density at radius 2 is 2.26 bits per heavy atom. The zero-order valence-electron chi connectivity index (χ0n) is 11.1. The number of nitrogens with one attached hydrogen (secondary N) is 1. The molecule has 1 aliphatic rings. The Morgan fingerprint density at radius 3 is 2.95 bits per heavy atom. The second kappa shape index (κ2) is 5.57. The van der Waals surface area contributed by atoms with E-state index < -0.39 is 0 Å². The van der Waals surface area contributed by atoms with E-state index >= 15 is 0 Å². The largest absolute Gasteiger partial charge is 0.497 e. The number of hydrogen-bond acceptors (Lipinski definition) is 4. The average Bonchev–Trinajstić information content (AvgIpc) is 3.05. The highest BCUT2D eigenvalue weighted by Gasteiger charge is 2.32. The molecule has 1 aliphatic carbocycles. The lowest BCUT2D eigenvalue weighted by Crippen LogP contribution is -2.23. The molecule has 0 saturated carbocycles. The molecule has 0 fully saturated rings. The zero-order valence-corrected chi connectivity index (χ0v) is 12.7. The maximum atomic E-state index is 5.34. The number of benzene rings is 1. The van der Waals surface area contributed by atoms with Gasteiger partial charge in [-0.1, -0.05) is 12.1 Å². The molecule has 0 bridgehead atoms. The van der Waals surface area contributed by atoms with Crippen LogP contribution in [0.2, 0.25) is 0 Å². The van der Waals surface area contributed by atoms with Gasteiger partial charge in [0, 0.05) is 11.3 Å². The van der Waals surface area contributed by atoms with E-state index in [0.717, 1.165) is 12.2 Å². The van der Waals surface area contributed by atoms with Crippen LogP contribution in [0.5, 0.6) is 5.75 Å². The van der Waals surface area contributed by atoms with Gasteiger partial charge in [0.25, 0.3) is 0 Å². The van der Waals surface area contributed by atoms with E-state index in [9.17, 15) is 0 Å². The molecule has 4 heteroatoms. The van der Waals surface area contributed by atoms with Gasteiger partial charge in [-0.2, -0.15) is 0 Å². The van der Waals surface area contributed by atoms with Gasteiger partial charge in [0.2, 0.25) is 0 Å². The van der Waals surface area contributed by atoms with E-state index in [4.69, 9.17) is 4.74 Å². The van der Waals surface area contributed by atoms with Gasteiger partial charge in [-0.05, 0) is 48.2 Å². The van der Waals surface area contributed by atoms with Crippen molar-refractivity contribution in [2.24, 2.45) is 0 Å². The van der Waals surface area contributed by atoms with Gasteiger partial charge in [-0.15, -0.1) is 23.1 Å². The zero-order chi connectivity index (χ0) is 13.2. The first-order valence-corrected chi connectivity index (χ1v) is 8.12. The van der Waals surface area contributed by atoms with Crippen molar-refractivity contribution in [1.29, 1.82) is 0 Å². The molecule has 2 aromatic rings. The number of fused-ring (bicyclic) bond motifs is 1. The smallest absolute Gasteiger partial charge is 0.119 e. The number of methoxy groups -OCH3 is 1. The average molecular weight is 291 g/mol. The first-order chi connectivity index (χ1) is 9.31. The Bertz CT molecular complexity index is 553. The van der Waals surface area contributed by atoms with Gasteiger partial charge in [0.05, 0.1) is 11.3 Å². The molecular formula is C15H17NOS2. The number of thiophene rings is 1. The lowest BCUT2D eigenvalue weighted by molar-refractivity contribution is 0.413. The summed E-state index contributed by atoms with van der Waals surface area (Å²) in [6, 6.07) is 11.2. The van der Waals surface area contributed by atoms with Crippen LogP contribution in [0.25, 0.3) is 0 Å². The molecule has 1 N–H and O–H groups in total. The van der Waals surface area contributed by atoms with Crippen LogP contribution in [-0.2, 0) is 6.42 Å². The van der Waals surface area contributed by atoms with E-state index in [2.05, 4.69) is 41.0 Å². The molecule has 3 rings (SSSR count). The third kappa shape index (κ3) is 2.53. The summed E-state index contributed by atoms with van der Waals surface area (Å²) in [7, 11) is 3.77. The van der Waals surface area contributed by atoms with Crippen LogP contribution in [0.4, 0.5) is 0 Å². The molecule has 1 heterocycles. The lowest BCUT2D eigenvalue weighted by Gasteiger charge is -2.19. The van der Waals surface area contributed by atoms with Crippen molar-refractivity contribution in [3.8, 4) is 5.75 Å². The summed E-state index contributed by atoms with van der Waals surface area (Å²) in [5.74, 6) is 0.945. The van der Waals surface area contributed by atoms with E-state index in [-0.39, 0.29) is 0 Å². The Balaban J connectivity index is 1.86. The van der Waals surface area contributed by atoms with Crippen LogP contribution in [0, 0.1) is 0 Å². The van der Waals surface area contributed by atoms with Crippen LogP contribution in [-0.4, -0.2) is 19.4 Å². The highest BCUT2D eigenvalue weighted by molar-refractivity contribution is 8.01. The van der Waals surface area contributed by atoms with Crippen LogP contribution < -0.4 is 10.1 Å². The van der Waals surface area contributed by atoms with Crippen LogP contribution in [0.1, 0.15) is 17.2 Å². The predicted octanol–water partition coefficient (Wildman–Crippen LogP) is 3.73. The monoisotopic (exact) mass is 291 g/mol. The summed E-state index contributed by atoms with van der Waals surface area (Å²) < 4.78 is 6.73. The lowest BCUT2D eigenvalue weighted by atomic mass is 10.1. The summed E-state index contributed by atoms with van der Waals surface area (Å²) >= 11 is 3.79. The summed E-state index contributed by atoms with van der Waals surface area (Å²) in [5, 5.41) is 6.16. The van der Waals surface area contributed by atoms with Gasteiger partial charge in [0.1, 0.15) is 5.75 Å². The topological polar surface area (TPSA) is 21.3 Å². The fraction of sp³-hybridized carbons (Fsp3) is 0.333. The molecule has 0 amide bonds. The number of thioether (sulfide) groups is 1. The fourth-order valence-corrected chi connectivity index (χ4v) is 4.99. The standard InChI is InChI=1S/C15H17NOS2/c1-16-15-12-9-11(17-2)6-5-10(12)8-13(15)19-14-4-3-7-18-14/h3-7,9,13,15-16H,8H2,1-2H3. The van der Waals surface area contributed by atoms with Crippen molar-refractivity contribution in [3.05, 3.63) is 46.8 Å². The van der Waals surface area contributed by atoms with Crippen molar-refractivity contribution < 1.29 is 4.74 Å². The minimum absolute atomic E-state index is 0.400. The molecule has 2 unspecified atom stereocenters. The van der Waals surface area contributed by atoms with Crippen molar-refractivity contribution in [2.45, 2.75) is 21.9 Å². The van der Waals surface area contributed by atoms with E-state index in [1.54, 1.807) is 7.11 Å². The SMILES string of the molecule is CNC1c2cc(OC)ccc2CC1Sc1cccs1. The second-order valence-corrected chi connectivity index (χ2v) is 7.11. The normalized spacial score (nSPS) is 21.4. The third-order valence-electron chi connectivity index (χ3n) is 3.55. The summed E-state index contributed by atoms with van der Waals surface area (Å²) in [4.78, 5) is 0. The Morgan fingerprint density at radius 1 is 1.37 bits per heavy atom. The van der Waals surface area contributed by atoms with Gasteiger partial charge >= 0.3 is 0 Å². The van der Waals surface area contributed by atoms with Crippen LogP contribution in [0.3, 0.4) is 0 Å². The summed E-state index contributed by atoms with van der Waals surface area (Å²) in [6.45, 7) is 0. The van der Waals surface area contributed by atoms with E-state index in [1.165, 1.54) is 15.3 Å². The first kappa shape index (κ1) is 13.0. The molecule has 1 aromatic carbocycles. The van der Waals surface area contributed by atoms with Crippen molar-refractivity contribution in [1.82, 2.24) is 5.32 Å². The number of rotatable bonds is 4. The van der Waals surface area contributed by atoms with Crippen LogP contribution >= 0.6 is 23.1 Å². The molecular weight excluding hydrogens is 274 g/mol. The maximum absolute atomic E-state index is 5.34. The molecule has 100 valence electrons. The molecule has 19 heavy (non-hydrogen) atoms. The highest BCUT2D eigenvalue weighted by atomic mass is 32.2. The molecule has 0 radical (unpaired) electrons. The Hall–Kier alpha value is -0.970.